The SMILES string of the molecule is O=C(Cc1c[nH]c(=O)[nH]c1=O)N[C@H]1CCCc2nc(-c3ccccc3)ncc21. The molecule has 28 heavy (non-hydrogen) atoms. The van der Waals surface area contributed by atoms with Crippen LogP contribution in [0.15, 0.2) is 52.3 Å². The van der Waals surface area contributed by atoms with Gasteiger partial charge in [0.1, 0.15) is 0 Å². The molecule has 0 saturated carbocycles. The molecule has 0 fully saturated rings. The van der Waals surface area contributed by atoms with Crippen molar-refractivity contribution in [3.63, 3.8) is 0 Å². The van der Waals surface area contributed by atoms with E-state index in [1.54, 1.807) is 6.20 Å². The van der Waals surface area contributed by atoms with Crippen molar-refractivity contribution in [3.05, 3.63) is 80.4 Å². The fourth-order valence-electron chi connectivity index (χ4n) is 3.41. The van der Waals surface area contributed by atoms with Crippen LogP contribution >= 0.6 is 0 Å². The van der Waals surface area contributed by atoms with Gasteiger partial charge in [0, 0.05) is 34.8 Å². The van der Waals surface area contributed by atoms with Gasteiger partial charge in [0.2, 0.25) is 5.91 Å². The molecule has 0 saturated heterocycles. The van der Waals surface area contributed by atoms with Crippen LogP contribution in [-0.2, 0) is 17.6 Å². The van der Waals surface area contributed by atoms with Crippen molar-refractivity contribution in [2.75, 3.05) is 0 Å². The van der Waals surface area contributed by atoms with Gasteiger partial charge in [-0.1, -0.05) is 30.3 Å². The zero-order valence-electron chi connectivity index (χ0n) is 15.1. The number of hydrogen-bond acceptors (Lipinski definition) is 5. The molecule has 0 bridgehead atoms. The van der Waals surface area contributed by atoms with Crippen molar-refractivity contribution in [3.8, 4) is 11.4 Å². The van der Waals surface area contributed by atoms with E-state index in [1.165, 1.54) is 6.20 Å². The molecule has 3 aromatic rings. The molecule has 2 heterocycles. The summed E-state index contributed by atoms with van der Waals surface area (Å²) in [4.78, 5) is 48.9. The Labute approximate surface area is 160 Å². The van der Waals surface area contributed by atoms with Crippen LogP contribution in [-0.4, -0.2) is 25.8 Å². The van der Waals surface area contributed by atoms with Gasteiger partial charge < -0.3 is 10.3 Å². The van der Waals surface area contributed by atoms with E-state index >= 15 is 0 Å². The van der Waals surface area contributed by atoms with Gasteiger partial charge >= 0.3 is 5.69 Å². The Bertz CT molecular complexity index is 1120. The largest absolute Gasteiger partial charge is 0.349 e. The minimum Gasteiger partial charge on any atom is -0.349 e. The van der Waals surface area contributed by atoms with Crippen molar-refractivity contribution in [1.29, 1.82) is 0 Å². The molecule has 0 spiro atoms. The number of aryl methyl sites for hydroxylation is 1. The number of aromatic amines is 2. The molecule has 8 nitrogen and oxygen atoms in total. The third-order valence-corrected chi connectivity index (χ3v) is 4.80. The second-order valence-electron chi connectivity index (χ2n) is 6.75. The predicted molar refractivity (Wildman–Crippen MR) is 103 cm³/mol. The number of nitrogens with zero attached hydrogens (tertiary/aromatic N) is 2. The number of carbonyl (C=O) groups is 1. The van der Waals surface area contributed by atoms with E-state index < -0.39 is 11.2 Å². The van der Waals surface area contributed by atoms with Crippen LogP contribution in [0.2, 0.25) is 0 Å². The molecule has 1 aliphatic rings. The van der Waals surface area contributed by atoms with Crippen molar-refractivity contribution in [2.24, 2.45) is 0 Å². The van der Waals surface area contributed by atoms with Crippen molar-refractivity contribution in [1.82, 2.24) is 25.3 Å². The maximum atomic E-state index is 12.4. The van der Waals surface area contributed by atoms with E-state index in [0.29, 0.717) is 5.82 Å². The zero-order chi connectivity index (χ0) is 19.5. The number of rotatable bonds is 4. The average Bonchev–Trinajstić information content (AvgIpc) is 2.71. The van der Waals surface area contributed by atoms with Crippen molar-refractivity contribution >= 4 is 5.91 Å². The molecular weight excluding hydrogens is 358 g/mol. The van der Waals surface area contributed by atoms with Crippen molar-refractivity contribution < 1.29 is 4.79 Å². The number of hydrogen-bond donors (Lipinski definition) is 3. The molecule has 3 N–H and O–H groups in total. The van der Waals surface area contributed by atoms with Gasteiger partial charge in [0.15, 0.2) is 5.82 Å². The van der Waals surface area contributed by atoms with Gasteiger partial charge in [0.05, 0.1) is 12.5 Å². The van der Waals surface area contributed by atoms with Crippen molar-refractivity contribution in [2.45, 2.75) is 31.7 Å². The molecule has 4 rings (SSSR count). The smallest absolute Gasteiger partial charge is 0.325 e. The number of nitrogens with one attached hydrogen (secondary N) is 3. The highest BCUT2D eigenvalue weighted by molar-refractivity contribution is 5.79. The molecule has 0 aliphatic heterocycles. The minimum absolute atomic E-state index is 0.110. The summed E-state index contributed by atoms with van der Waals surface area (Å²) in [5.74, 6) is 0.383. The molecule has 1 aromatic carbocycles. The summed E-state index contributed by atoms with van der Waals surface area (Å²) in [5, 5.41) is 2.96. The summed E-state index contributed by atoms with van der Waals surface area (Å²) in [7, 11) is 0. The number of carbonyl (C=O) groups excluding carboxylic acids is 1. The summed E-state index contributed by atoms with van der Waals surface area (Å²) in [6.45, 7) is 0. The fourth-order valence-corrected chi connectivity index (χ4v) is 3.41. The predicted octanol–water partition coefficient (Wildman–Crippen LogP) is 1.26. The van der Waals surface area contributed by atoms with E-state index in [9.17, 15) is 14.4 Å². The number of fused-ring (bicyclic) bond motifs is 1. The maximum absolute atomic E-state index is 12.4. The maximum Gasteiger partial charge on any atom is 0.325 e. The second-order valence-corrected chi connectivity index (χ2v) is 6.75. The summed E-state index contributed by atoms with van der Waals surface area (Å²) >= 11 is 0. The lowest BCUT2D eigenvalue weighted by molar-refractivity contribution is -0.121. The van der Waals surface area contributed by atoms with E-state index in [2.05, 4.69) is 20.3 Å². The minimum atomic E-state index is -0.596. The number of amides is 1. The second kappa shape index (κ2) is 7.59. The van der Waals surface area contributed by atoms with E-state index in [1.807, 2.05) is 30.3 Å². The summed E-state index contributed by atoms with van der Waals surface area (Å²) in [6, 6.07) is 9.57. The Kier molecular flexibility index (Phi) is 4.84. The zero-order valence-corrected chi connectivity index (χ0v) is 15.1. The fraction of sp³-hybridized carbons (Fsp3) is 0.250. The lowest BCUT2D eigenvalue weighted by Gasteiger charge is -2.25. The van der Waals surface area contributed by atoms with Crippen LogP contribution in [0.3, 0.4) is 0 Å². The van der Waals surface area contributed by atoms with Gasteiger partial charge in [-0.2, -0.15) is 0 Å². The quantitative estimate of drug-likeness (QED) is 0.632. The van der Waals surface area contributed by atoms with Crippen LogP contribution < -0.4 is 16.6 Å². The molecule has 2 aromatic heterocycles. The highest BCUT2D eigenvalue weighted by Crippen LogP contribution is 2.29. The van der Waals surface area contributed by atoms with E-state index in [4.69, 9.17) is 4.98 Å². The van der Waals surface area contributed by atoms with Crippen LogP contribution in [0.4, 0.5) is 0 Å². The van der Waals surface area contributed by atoms with Gasteiger partial charge in [-0.05, 0) is 19.3 Å². The third kappa shape index (κ3) is 3.75. The molecule has 0 radical (unpaired) electrons. The number of benzene rings is 1. The lowest BCUT2D eigenvalue weighted by Crippen LogP contribution is -2.34. The highest BCUT2D eigenvalue weighted by Gasteiger charge is 2.24. The molecule has 0 unspecified atom stereocenters. The van der Waals surface area contributed by atoms with Crippen LogP contribution in [0.1, 0.15) is 35.7 Å². The first-order valence-electron chi connectivity index (χ1n) is 9.11. The lowest BCUT2D eigenvalue weighted by atomic mass is 9.92. The molecule has 1 atom stereocenters. The topological polar surface area (TPSA) is 121 Å². The van der Waals surface area contributed by atoms with E-state index in [-0.39, 0.29) is 23.9 Å². The molecule has 8 heteroatoms. The first-order valence-corrected chi connectivity index (χ1v) is 9.11. The average molecular weight is 377 g/mol. The van der Waals surface area contributed by atoms with Crippen LogP contribution in [0.5, 0.6) is 0 Å². The standard InChI is InChI=1S/C20H19N5O3/c26-17(9-13-10-22-20(28)25-19(13)27)23-15-7-4-8-16-14(15)11-21-18(24-16)12-5-2-1-3-6-12/h1-3,5-6,10-11,15H,4,7-9H2,(H,23,26)(H2,22,25,27,28)/t15-/m0/s1. The van der Waals surface area contributed by atoms with Gasteiger partial charge in [0.25, 0.3) is 5.56 Å². The number of H-pyrrole nitrogens is 2. The monoisotopic (exact) mass is 377 g/mol. The first kappa shape index (κ1) is 17.8. The molecule has 142 valence electrons. The Morgan fingerprint density at radius 1 is 1.21 bits per heavy atom. The van der Waals surface area contributed by atoms with Gasteiger partial charge in [-0.25, -0.2) is 14.8 Å². The summed E-state index contributed by atoms with van der Waals surface area (Å²) < 4.78 is 0. The Morgan fingerprint density at radius 2 is 2.04 bits per heavy atom. The van der Waals surface area contributed by atoms with Crippen LogP contribution in [0, 0.1) is 0 Å². The molecule has 1 aliphatic carbocycles. The normalized spacial score (nSPS) is 15.6. The molecule has 1 amide bonds. The van der Waals surface area contributed by atoms with Crippen LogP contribution in [0.25, 0.3) is 11.4 Å². The Balaban J connectivity index is 1.52. The van der Waals surface area contributed by atoms with Gasteiger partial charge in [-0.3, -0.25) is 14.6 Å². The Morgan fingerprint density at radius 3 is 2.82 bits per heavy atom. The Hall–Kier alpha value is -3.55. The van der Waals surface area contributed by atoms with Gasteiger partial charge in [-0.15, -0.1) is 0 Å². The first-order chi connectivity index (χ1) is 13.6. The summed E-state index contributed by atoms with van der Waals surface area (Å²) in [6.07, 6.45) is 5.47. The highest BCUT2D eigenvalue weighted by atomic mass is 16.2. The van der Waals surface area contributed by atoms with E-state index in [0.717, 1.165) is 36.1 Å². The number of aromatic nitrogens is 4. The molecular formula is C20H19N5O3. The summed E-state index contributed by atoms with van der Waals surface area (Å²) in [5.41, 5.74) is 1.86. The third-order valence-electron chi connectivity index (χ3n) is 4.80.